The summed E-state index contributed by atoms with van der Waals surface area (Å²) < 4.78 is 50.2. The van der Waals surface area contributed by atoms with Crippen LogP contribution >= 0.6 is 0 Å². The molecule has 0 spiro atoms. The van der Waals surface area contributed by atoms with Crippen LogP contribution in [-0.4, -0.2) is 9.55 Å². The van der Waals surface area contributed by atoms with E-state index < -0.39 is 11.7 Å². The van der Waals surface area contributed by atoms with Crippen LogP contribution in [0.5, 0.6) is 11.5 Å². The van der Waals surface area contributed by atoms with Crippen molar-refractivity contribution in [3.63, 3.8) is 0 Å². The molecule has 0 aliphatic carbocycles. The van der Waals surface area contributed by atoms with Gasteiger partial charge in [-0.15, -0.1) is 48.3 Å². The Kier molecular flexibility index (Phi) is 11.4. The quantitative estimate of drug-likeness (QED) is 0.155. The molecule has 0 N–H and O–H groups in total. The summed E-state index contributed by atoms with van der Waals surface area (Å²) in [5.74, 6) is 1.53. The number of benzene rings is 6. The van der Waals surface area contributed by atoms with Crippen LogP contribution in [0.25, 0.3) is 38.8 Å². The molecule has 0 atom stereocenters. The summed E-state index contributed by atoms with van der Waals surface area (Å²) in [6.45, 7) is 22.1. The zero-order valence-electron chi connectivity index (χ0n) is 37.4. The van der Waals surface area contributed by atoms with E-state index in [9.17, 15) is 13.2 Å². The third kappa shape index (κ3) is 8.45. The molecular weight excluding hydrogens is 985 g/mol. The molecule has 0 saturated heterocycles. The maximum Gasteiger partial charge on any atom is 0.416 e. The molecule has 64 heavy (non-hydrogen) atoms. The summed E-state index contributed by atoms with van der Waals surface area (Å²) >= 11 is 0. The second-order valence-corrected chi connectivity index (χ2v) is 19.5. The molecule has 0 radical (unpaired) electrons. The molecule has 330 valence electrons. The Labute approximate surface area is 388 Å². The number of anilines is 4. The van der Waals surface area contributed by atoms with E-state index in [1.54, 1.807) is 0 Å². The predicted molar refractivity (Wildman–Crippen MR) is 251 cm³/mol. The number of rotatable bonds is 6. The first-order valence-corrected chi connectivity index (χ1v) is 21.3. The van der Waals surface area contributed by atoms with Crippen molar-refractivity contribution in [3.8, 4) is 28.4 Å². The fraction of sp³-hybridized carbons (Fsp3) is 0.236. The molecule has 1 aliphatic heterocycles. The van der Waals surface area contributed by atoms with Gasteiger partial charge < -0.3 is 19.1 Å². The van der Waals surface area contributed by atoms with Gasteiger partial charge in [-0.25, -0.2) is 4.98 Å². The van der Waals surface area contributed by atoms with Gasteiger partial charge in [0.1, 0.15) is 5.82 Å². The number of hydrogen-bond donors (Lipinski definition) is 0. The van der Waals surface area contributed by atoms with E-state index in [-0.39, 0.29) is 37.3 Å². The Morgan fingerprint density at radius 2 is 1.20 bits per heavy atom. The van der Waals surface area contributed by atoms with E-state index >= 15 is 0 Å². The van der Waals surface area contributed by atoms with Gasteiger partial charge in [0.2, 0.25) is 0 Å². The first-order valence-electron chi connectivity index (χ1n) is 21.3. The molecule has 5 nitrogen and oxygen atoms in total. The van der Waals surface area contributed by atoms with Crippen LogP contribution in [0.15, 0.2) is 134 Å². The van der Waals surface area contributed by atoms with E-state index in [2.05, 4.69) is 138 Å². The second-order valence-electron chi connectivity index (χ2n) is 19.5. The van der Waals surface area contributed by atoms with Crippen LogP contribution in [0.2, 0.25) is 0 Å². The van der Waals surface area contributed by atoms with Gasteiger partial charge in [-0.05, 0) is 98.5 Å². The minimum atomic E-state index is -4.47. The minimum Gasteiger partial charge on any atom is -0.509 e. The number of fused-ring (bicyclic) bond motifs is 4. The summed E-state index contributed by atoms with van der Waals surface area (Å²) in [4.78, 5) is 9.20. The topological polar surface area (TPSA) is 33.5 Å². The average molecular weight is 1040 g/mol. The Balaban J connectivity index is 0.00000560. The largest absolute Gasteiger partial charge is 0.509 e. The molecule has 9 heteroatoms. The molecule has 6 aromatic carbocycles. The van der Waals surface area contributed by atoms with Gasteiger partial charge in [-0.2, -0.15) is 19.2 Å². The molecule has 2 aromatic heterocycles. The van der Waals surface area contributed by atoms with Gasteiger partial charge in [-0.3, -0.25) is 0 Å². The molecule has 3 heterocycles. The molecule has 0 amide bonds. The van der Waals surface area contributed by atoms with Gasteiger partial charge in [0.05, 0.1) is 5.56 Å². The Morgan fingerprint density at radius 1 is 0.578 bits per heavy atom. The number of nitrogens with zero attached hydrogens (tertiary/aromatic N) is 4. The number of hydrogen-bond acceptors (Lipinski definition) is 4. The van der Waals surface area contributed by atoms with Crippen LogP contribution in [-0.2, 0) is 43.5 Å². The van der Waals surface area contributed by atoms with Crippen molar-refractivity contribution >= 4 is 44.6 Å². The Bertz CT molecular complexity index is 2990. The number of para-hydroxylation sites is 3. The molecule has 0 fully saturated rings. The molecule has 1 aliphatic rings. The third-order valence-corrected chi connectivity index (χ3v) is 11.8. The minimum absolute atomic E-state index is 0. The summed E-state index contributed by atoms with van der Waals surface area (Å²) in [7, 11) is 0. The average Bonchev–Trinajstić information content (AvgIpc) is 3.79. The SMILES string of the molecule is CC(C)(C)c1cc(N2[CH-]N(c3[c-]c(Oc4[c-]c5c(c(-c6ccc(C(F)(F)F)cc6)c4)c4ccccc4n5-c4cc(C(C)(C)C)ccn4)ccc3)c3ccccc32)cc(C(C)(C)C)c1.[Pt]. The number of ether oxygens (including phenoxy) is 1. The van der Waals surface area contributed by atoms with Crippen LogP contribution in [0.4, 0.5) is 35.9 Å². The van der Waals surface area contributed by atoms with Crippen molar-refractivity contribution in [2.75, 3.05) is 9.80 Å². The van der Waals surface area contributed by atoms with E-state index in [0.29, 0.717) is 34.0 Å². The van der Waals surface area contributed by atoms with Gasteiger partial charge >= 0.3 is 6.18 Å². The van der Waals surface area contributed by atoms with Crippen LogP contribution < -0.4 is 14.5 Å². The van der Waals surface area contributed by atoms with E-state index in [0.717, 1.165) is 56.7 Å². The summed E-state index contributed by atoms with van der Waals surface area (Å²) in [6, 6.07) is 47.4. The Morgan fingerprint density at radius 3 is 1.84 bits per heavy atom. The van der Waals surface area contributed by atoms with Gasteiger partial charge in [0.25, 0.3) is 0 Å². The molecule has 0 unspecified atom stereocenters. The van der Waals surface area contributed by atoms with Crippen LogP contribution in [0.1, 0.15) is 84.6 Å². The number of pyridine rings is 1. The predicted octanol–water partition coefficient (Wildman–Crippen LogP) is 15.6. The van der Waals surface area contributed by atoms with Crippen molar-refractivity contribution < 1.29 is 39.0 Å². The first-order chi connectivity index (χ1) is 29.7. The summed E-state index contributed by atoms with van der Waals surface area (Å²) in [5.41, 5.74) is 9.43. The molecule has 9 rings (SSSR count). The monoisotopic (exact) mass is 1030 g/mol. The fourth-order valence-electron chi connectivity index (χ4n) is 8.23. The normalized spacial score (nSPS) is 13.4. The maximum absolute atomic E-state index is 13.8. The van der Waals surface area contributed by atoms with E-state index in [4.69, 9.17) is 9.72 Å². The zero-order valence-corrected chi connectivity index (χ0v) is 39.7. The standard InChI is InChI=1S/C55H50F3N4O.Pt/c1-52(2,3)37-25-26-59-50(30-37)62-46-18-11-10-17-44(46)51-45(35-21-23-36(24-22-35)55(56,57)58)32-43(33-49(51)62)63-42-16-14-15-40(31-42)60-34-61(48-20-13-12-19-47(48)60)41-28-38(53(4,5)6)27-39(29-41)54(7,8)9;/h10-30,32,34H,1-9H3;/q-3;. The van der Waals surface area contributed by atoms with Crippen LogP contribution in [0.3, 0.4) is 0 Å². The smallest absolute Gasteiger partial charge is 0.416 e. The van der Waals surface area contributed by atoms with E-state index in [1.807, 2.05) is 66.9 Å². The van der Waals surface area contributed by atoms with Crippen molar-refractivity contribution in [3.05, 3.63) is 175 Å². The van der Waals surface area contributed by atoms with Gasteiger partial charge in [-0.1, -0.05) is 122 Å². The molecule has 8 aromatic rings. The van der Waals surface area contributed by atoms with Gasteiger partial charge in [0.15, 0.2) is 0 Å². The number of halogens is 3. The zero-order chi connectivity index (χ0) is 44.6. The van der Waals surface area contributed by atoms with Crippen molar-refractivity contribution in [2.24, 2.45) is 0 Å². The third-order valence-electron chi connectivity index (χ3n) is 11.8. The molecule has 0 saturated carbocycles. The first kappa shape index (κ1) is 44.7. The Hall–Kier alpha value is -5.85. The fourth-order valence-corrected chi connectivity index (χ4v) is 8.23. The number of alkyl halides is 3. The molecule has 0 bridgehead atoms. The van der Waals surface area contributed by atoms with Gasteiger partial charge in [0, 0.05) is 61.3 Å². The summed E-state index contributed by atoms with van der Waals surface area (Å²) in [5, 5.41) is 1.74. The number of aromatic nitrogens is 2. The maximum atomic E-state index is 13.8. The van der Waals surface area contributed by atoms with E-state index in [1.165, 1.54) is 23.3 Å². The van der Waals surface area contributed by atoms with Crippen molar-refractivity contribution in [2.45, 2.75) is 84.7 Å². The van der Waals surface area contributed by atoms with Crippen molar-refractivity contribution in [1.29, 1.82) is 0 Å². The second kappa shape index (κ2) is 16.3. The molecular formula is C55H50F3N4OPt-3. The van der Waals surface area contributed by atoms with Crippen LogP contribution in [0, 0.1) is 18.8 Å². The van der Waals surface area contributed by atoms with Crippen molar-refractivity contribution in [1.82, 2.24) is 9.55 Å². The summed E-state index contributed by atoms with van der Waals surface area (Å²) in [6.07, 6.45) is -2.66.